The molecule has 0 aromatic heterocycles. The number of nitrogens with zero attached hydrogens (tertiary/aromatic N) is 1. The lowest BCUT2D eigenvalue weighted by molar-refractivity contribution is -0.129. The van der Waals surface area contributed by atoms with E-state index in [9.17, 15) is 4.79 Å². The van der Waals surface area contributed by atoms with Crippen LogP contribution in [0.25, 0.3) is 6.08 Å². The highest BCUT2D eigenvalue weighted by Crippen LogP contribution is 2.35. The summed E-state index contributed by atoms with van der Waals surface area (Å²) in [5.74, 6) is 0.789. The minimum Gasteiger partial charge on any atom is -0.491 e. The van der Waals surface area contributed by atoms with E-state index in [4.69, 9.17) is 25.8 Å². The van der Waals surface area contributed by atoms with Gasteiger partial charge in [-0.2, -0.15) is 0 Å². The molecule has 0 atom stereocenters. The third-order valence-electron chi connectivity index (χ3n) is 4.29. The van der Waals surface area contributed by atoms with Crippen molar-refractivity contribution in [1.82, 2.24) is 4.90 Å². The molecule has 1 amide bonds. The maximum atomic E-state index is 12.2. The quantitative estimate of drug-likeness (QED) is 0.456. The molecule has 0 aliphatic carbocycles. The molecule has 0 radical (unpaired) electrons. The Morgan fingerprint density at radius 1 is 1.21 bits per heavy atom. The van der Waals surface area contributed by atoms with Gasteiger partial charge in [-0.05, 0) is 42.0 Å². The average Bonchev–Trinajstić information content (AvgIpc) is 2.75. The van der Waals surface area contributed by atoms with E-state index < -0.39 is 0 Å². The van der Waals surface area contributed by atoms with Crippen molar-refractivity contribution in [3.63, 3.8) is 0 Å². The molecule has 29 heavy (non-hydrogen) atoms. The predicted molar refractivity (Wildman–Crippen MR) is 116 cm³/mol. The topological polar surface area (TPSA) is 48.0 Å². The molecule has 0 N–H and O–H groups in total. The molecule has 1 fully saturated rings. The number of hydrogen-bond acceptors (Lipinski definition) is 5. The average molecular weight is 434 g/mol. The molecule has 0 spiro atoms. The highest BCUT2D eigenvalue weighted by atomic mass is 35.5. The number of carbonyl (C=O) groups is 1. The summed E-state index contributed by atoms with van der Waals surface area (Å²) in [7, 11) is 1.65. The van der Waals surface area contributed by atoms with Crippen molar-refractivity contribution in [2.24, 2.45) is 0 Å². The number of methoxy groups -OCH3 is 1. The maximum absolute atomic E-state index is 12.2. The Hall–Kier alpha value is -1.99. The second kappa shape index (κ2) is 11.3. The van der Waals surface area contributed by atoms with Gasteiger partial charge in [0, 0.05) is 36.1 Å². The van der Waals surface area contributed by atoms with E-state index in [1.807, 2.05) is 42.5 Å². The molecule has 2 aromatic carbocycles. The van der Waals surface area contributed by atoms with Crippen molar-refractivity contribution < 1.29 is 19.0 Å². The van der Waals surface area contributed by atoms with Crippen LogP contribution >= 0.6 is 23.4 Å². The first-order chi connectivity index (χ1) is 14.2. The zero-order valence-corrected chi connectivity index (χ0v) is 17.9. The second-order valence-corrected chi connectivity index (χ2v) is 7.90. The SMILES string of the molecule is COCCOc1cccc(Sc2ccc(/C=C/C(=O)N3CCOCC3)cc2Cl)c1. The fraction of sp³-hybridized carbons (Fsp3) is 0.318. The largest absolute Gasteiger partial charge is 0.491 e. The van der Waals surface area contributed by atoms with Crippen LogP contribution in [0.1, 0.15) is 5.56 Å². The Morgan fingerprint density at radius 2 is 2.03 bits per heavy atom. The van der Waals surface area contributed by atoms with E-state index in [1.165, 1.54) is 0 Å². The van der Waals surface area contributed by atoms with Gasteiger partial charge < -0.3 is 19.1 Å². The van der Waals surface area contributed by atoms with E-state index in [1.54, 1.807) is 35.9 Å². The zero-order chi connectivity index (χ0) is 20.5. The maximum Gasteiger partial charge on any atom is 0.246 e. The number of morpholine rings is 1. The highest BCUT2D eigenvalue weighted by Gasteiger charge is 2.14. The third-order valence-corrected chi connectivity index (χ3v) is 5.78. The molecule has 0 unspecified atom stereocenters. The molecule has 0 saturated carbocycles. The molecule has 1 heterocycles. The minimum atomic E-state index is -0.00633. The number of amides is 1. The number of halogens is 1. The fourth-order valence-corrected chi connectivity index (χ4v) is 3.93. The normalized spacial score (nSPS) is 14.3. The fourth-order valence-electron chi connectivity index (χ4n) is 2.76. The molecule has 1 aliphatic rings. The first kappa shape index (κ1) is 21.7. The number of carbonyl (C=O) groups excluding carboxylic acids is 1. The lowest BCUT2D eigenvalue weighted by atomic mass is 10.2. The van der Waals surface area contributed by atoms with Gasteiger partial charge in [-0.25, -0.2) is 0 Å². The summed E-state index contributed by atoms with van der Waals surface area (Å²) < 4.78 is 15.9. The van der Waals surface area contributed by atoms with Crippen LogP contribution in [0.4, 0.5) is 0 Å². The third kappa shape index (κ3) is 6.78. The summed E-state index contributed by atoms with van der Waals surface area (Å²) in [6.45, 7) is 3.51. The Balaban J connectivity index is 1.61. The van der Waals surface area contributed by atoms with Crippen molar-refractivity contribution in [2.75, 3.05) is 46.6 Å². The van der Waals surface area contributed by atoms with Crippen molar-refractivity contribution in [1.29, 1.82) is 0 Å². The van der Waals surface area contributed by atoms with Crippen LogP contribution in [0.5, 0.6) is 5.75 Å². The van der Waals surface area contributed by atoms with Gasteiger partial charge in [0.25, 0.3) is 0 Å². The Morgan fingerprint density at radius 3 is 2.79 bits per heavy atom. The molecular formula is C22H24ClNO4S. The molecule has 5 nitrogen and oxygen atoms in total. The standard InChI is InChI=1S/C22H24ClNO4S/c1-26-13-14-28-18-3-2-4-19(16-18)29-21-7-5-17(15-20(21)23)6-8-22(25)24-9-11-27-12-10-24/h2-8,15-16H,9-14H2,1H3/b8-6+. The molecule has 1 aliphatic heterocycles. The van der Waals surface area contributed by atoms with Crippen molar-refractivity contribution in [2.45, 2.75) is 9.79 Å². The van der Waals surface area contributed by atoms with Crippen molar-refractivity contribution >= 4 is 35.3 Å². The number of rotatable bonds is 8. The second-order valence-electron chi connectivity index (χ2n) is 6.38. The van der Waals surface area contributed by atoms with E-state index in [0.29, 0.717) is 44.5 Å². The molecule has 7 heteroatoms. The van der Waals surface area contributed by atoms with E-state index >= 15 is 0 Å². The predicted octanol–water partition coefficient (Wildman–Crippen LogP) is 4.39. The van der Waals surface area contributed by atoms with Crippen LogP contribution in [0.3, 0.4) is 0 Å². The van der Waals surface area contributed by atoms with Gasteiger partial charge in [0.2, 0.25) is 5.91 Å². The van der Waals surface area contributed by atoms with Crippen LogP contribution in [-0.4, -0.2) is 57.4 Å². The summed E-state index contributed by atoms with van der Waals surface area (Å²) in [4.78, 5) is 16.0. The van der Waals surface area contributed by atoms with E-state index in [0.717, 1.165) is 21.1 Å². The van der Waals surface area contributed by atoms with E-state index in [2.05, 4.69) is 0 Å². The van der Waals surface area contributed by atoms with Crippen molar-refractivity contribution in [3.8, 4) is 5.75 Å². The first-order valence-corrected chi connectivity index (χ1v) is 10.6. The van der Waals surface area contributed by atoms with Gasteiger partial charge >= 0.3 is 0 Å². The van der Waals surface area contributed by atoms with Crippen LogP contribution in [0.2, 0.25) is 5.02 Å². The summed E-state index contributed by atoms with van der Waals surface area (Å²) in [5.41, 5.74) is 0.887. The summed E-state index contributed by atoms with van der Waals surface area (Å²) in [6, 6.07) is 13.6. The molecule has 2 aromatic rings. The first-order valence-electron chi connectivity index (χ1n) is 9.39. The van der Waals surface area contributed by atoms with Gasteiger partial charge in [0.15, 0.2) is 0 Å². The Bertz CT molecular complexity index is 852. The van der Waals surface area contributed by atoms with Crippen molar-refractivity contribution in [3.05, 3.63) is 59.1 Å². The molecular weight excluding hydrogens is 410 g/mol. The van der Waals surface area contributed by atoms with Gasteiger partial charge in [-0.1, -0.05) is 35.5 Å². The lowest BCUT2D eigenvalue weighted by Gasteiger charge is -2.25. The molecule has 0 bridgehead atoms. The Labute approximate surface area is 180 Å². The minimum absolute atomic E-state index is 0.00633. The summed E-state index contributed by atoms with van der Waals surface area (Å²) in [5, 5.41) is 0.640. The van der Waals surface area contributed by atoms with Gasteiger partial charge in [-0.3, -0.25) is 4.79 Å². The molecule has 1 saturated heterocycles. The van der Waals surface area contributed by atoms with Crippen LogP contribution in [-0.2, 0) is 14.3 Å². The van der Waals surface area contributed by atoms with Gasteiger partial charge in [0.1, 0.15) is 12.4 Å². The smallest absolute Gasteiger partial charge is 0.246 e. The van der Waals surface area contributed by atoms with Crippen LogP contribution in [0, 0.1) is 0 Å². The monoisotopic (exact) mass is 433 g/mol. The molecule has 3 rings (SSSR count). The summed E-state index contributed by atoms with van der Waals surface area (Å²) >= 11 is 8.04. The highest BCUT2D eigenvalue weighted by molar-refractivity contribution is 7.99. The van der Waals surface area contributed by atoms with E-state index in [-0.39, 0.29) is 5.91 Å². The van der Waals surface area contributed by atoms with Crippen LogP contribution < -0.4 is 4.74 Å². The Kier molecular flexibility index (Phi) is 8.43. The molecule has 154 valence electrons. The van der Waals surface area contributed by atoms with Crippen LogP contribution in [0.15, 0.2) is 58.3 Å². The summed E-state index contributed by atoms with van der Waals surface area (Å²) in [6.07, 6.45) is 3.38. The lowest BCUT2D eigenvalue weighted by Crippen LogP contribution is -2.39. The van der Waals surface area contributed by atoms with Gasteiger partial charge in [-0.15, -0.1) is 0 Å². The number of ether oxygens (including phenoxy) is 3. The van der Waals surface area contributed by atoms with Gasteiger partial charge in [0.05, 0.1) is 24.8 Å². The zero-order valence-electron chi connectivity index (χ0n) is 16.3. The number of hydrogen-bond donors (Lipinski definition) is 0. The number of benzene rings is 2.